The van der Waals surface area contributed by atoms with E-state index in [9.17, 15) is 4.79 Å². The number of methoxy groups -OCH3 is 2. The van der Waals surface area contributed by atoms with E-state index in [0.717, 1.165) is 23.6 Å². The molecular weight excluding hydrogens is 408 g/mol. The first kappa shape index (κ1) is 19.9. The number of carbonyl (C=O) groups is 1. The minimum Gasteiger partial charge on any atom is -0.493 e. The molecule has 2 amide bonds. The molecule has 0 spiro atoms. The Morgan fingerprint density at radius 3 is 2.44 bits per heavy atom. The van der Waals surface area contributed by atoms with Gasteiger partial charge in [0.1, 0.15) is 12.1 Å². The fourth-order valence-electron chi connectivity index (χ4n) is 3.60. The molecule has 0 saturated heterocycles. The van der Waals surface area contributed by atoms with Crippen LogP contribution in [0.15, 0.2) is 54.9 Å². The van der Waals surface area contributed by atoms with Crippen LogP contribution in [0.2, 0.25) is 0 Å². The van der Waals surface area contributed by atoms with Gasteiger partial charge in [-0.1, -0.05) is 24.3 Å². The van der Waals surface area contributed by atoms with Crippen LogP contribution in [0.25, 0.3) is 21.7 Å². The van der Waals surface area contributed by atoms with Crippen LogP contribution in [0.5, 0.6) is 23.1 Å². The van der Waals surface area contributed by atoms with E-state index in [1.165, 1.54) is 6.33 Å². The number of anilines is 1. The predicted molar refractivity (Wildman–Crippen MR) is 122 cm³/mol. The van der Waals surface area contributed by atoms with Gasteiger partial charge in [-0.15, -0.1) is 0 Å². The van der Waals surface area contributed by atoms with Gasteiger partial charge in [-0.05, 0) is 31.0 Å². The lowest BCUT2D eigenvalue weighted by molar-refractivity contribution is 0.251. The molecule has 5 rings (SSSR count). The van der Waals surface area contributed by atoms with E-state index in [0.29, 0.717) is 39.7 Å². The lowest BCUT2D eigenvalue weighted by atomic mass is 10.1. The van der Waals surface area contributed by atoms with Crippen molar-refractivity contribution < 1.29 is 19.0 Å². The molecule has 1 aliphatic rings. The highest BCUT2D eigenvalue weighted by Gasteiger charge is 2.23. The first-order chi connectivity index (χ1) is 15.7. The van der Waals surface area contributed by atoms with Crippen molar-refractivity contribution in [2.45, 2.75) is 18.9 Å². The minimum atomic E-state index is -0.200. The summed E-state index contributed by atoms with van der Waals surface area (Å²) in [7, 11) is 3.15. The van der Waals surface area contributed by atoms with Crippen LogP contribution >= 0.6 is 0 Å². The van der Waals surface area contributed by atoms with Crippen LogP contribution in [0.1, 0.15) is 12.8 Å². The van der Waals surface area contributed by atoms with E-state index >= 15 is 0 Å². The van der Waals surface area contributed by atoms with Gasteiger partial charge < -0.3 is 24.8 Å². The van der Waals surface area contributed by atoms with E-state index < -0.39 is 0 Å². The molecule has 0 bridgehead atoms. The summed E-state index contributed by atoms with van der Waals surface area (Å²) in [6, 6.07) is 15.1. The molecule has 0 aliphatic heterocycles. The zero-order valence-electron chi connectivity index (χ0n) is 17.7. The van der Waals surface area contributed by atoms with Gasteiger partial charge in [0.2, 0.25) is 5.88 Å². The zero-order valence-corrected chi connectivity index (χ0v) is 17.7. The Morgan fingerprint density at radius 2 is 1.66 bits per heavy atom. The maximum Gasteiger partial charge on any atom is 0.319 e. The third-order valence-electron chi connectivity index (χ3n) is 5.35. The number of nitrogens with one attached hydrogen (secondary N) is 2. The highest BCUT2D eigenvalue weighted by atomic mass is 16.5. The van der Waals surface area contributed by atoms with Crippen LogP contribution in [0, 0.1) is 0 Å². The standard InChI is InChI=1S/C24H22N4O4/c1-30-21-11-17-19(12-22(21)31-2)25-13-26-23(17)32-20-8-4-5-15-16(20)6-3-7-18(15)28-24(29)27-14-9-10-14/h3-8,11-14H,9-10H2,1-2H3,(H2,27,28,29). The van der Waals surface area contributed by atoms with Gasteiger partial charge in [0, 0.05) is 22.9 Å². The summed E-state index contributed by atoms with van der Waals surface area (Å²) in [5, 5.41) is 8.30. The number of hydrogen-bond donors (Lipinski definition) is 2. The van der Waals surface area contributed by atoms with Gasteiger partial charge in [0.05, 0.1) is 30.8 Å². The quantitative estimate of drug-likeness (QED) is 0.453. The van der Waals surface area contributed by atoms with Crippen molar-refractivity contribution in [3.8, 4) is 23.1 Å². The number of hydrogen-bond acceptors (Lipinski definition) is 6. The summed E-state index contributed by atoms with van der Waals surface area (Å²) < 4.78 is 17.0. The van der Waals surface area contributed by atoms with E-state index in [-0.39, 0.29) is 12.1 Å². The summed E-state index contributed by atoms with van der Waals surface area (Å²) in [4.78, 5) is 20.9. The van der Waals surface area contributed by atoms with Gasteiger partial charge in [0.15, 0.2) is 11.5 Å². The van der Waals surface area contributed by atoms with Crippen molar-refractivity contribution in [3.63, 3.8) is 0 Å². The Hall–Kier alpha value is -4.07. The van der Waals surface area contributed by atoms with Crippen LogP contribution in [-0.4, -0.2) is 36.3 Å². The minimum absolute atomic E-state index is 0.200. The molecule has 1 aromatic heterocycles. The molecule has 0 unspecified atom stereocenters. The highest BCUT2D eigenvalue weighted by molar-refractivity contribution is 6.04. The maximum atomic E-state index is 12.2. The number of ether oxygens (including phenoxy) is 3. The van der Waals surface area contributed by atoms with E-state index in [4.69, 9.17) is 14.2 Å². The molecule has 3 aromatic carbocycles. The Bertz CT molecular complexity index is 1320. The Kier molecular flexibility index (Phi) is 5.10. The van der Waals surface area contributed by atoms with Crippen molar-refractivity contribution in [2.75, 3.05) is 19.5 Å². The monoisotopic (exact) mass is 430 g/mol. The largest absolute Gasteiger partial charge is 0.493 e. The summed E-state index contributed by atoms with van der Waals surface area (Å²) in [6.07, 6.45) is 3.51. The number of amides is 2. The molecule has 32 heavy (non-hydrogen) atoms. The lowest BCUT2D eigenvalue weighted by Gasteiger charge is -2.14. The molecule has 1 saturated carbocycles. The fraction of sp³-hybridized carbons (Fsp3) is 0.208. The van der Waals surface area contributed by atoms with Crippen molar-refractivity contribution in [1.82, 2.24) is 15.3 Å². The topological polar surface area (TPSA) is 94.6 Å². The van der Waals surface area contributed by atoms with Gasteiger partial charge in [-0.25, -0.2) is 14.8 Å². The smallest absolute Gasteiger partial charge is 0.319 e. The van der Waals surface area contributed by atoms with E-state index in [2.05, 4.69) is 20.6 Å². The second-order valence-corrected chi connectivity index (χ2v) is 7.53. The molecule has 8 heteroatoms. The van der Waals surface area contributed by atoms with Crippen molar-refractivity contribution in [3.05, 3.63) is 54.9 Å². The first-order valence-corrected chi connectivity index (χ1v) is 10.3. The van der Waals surface area contributed by atoms with Crippen LogP contribution in [-0.2, 0) is 0 Å². The predicted octanol–water partition coefficient (Wildman–Crippen LogP) is 4.88. The molecule has 4 aromatic rings. The number of carbonyl (C=O) groups excluding carboxylic acids is 1. The number of aromatic nitrogens is 2. The van der Waals surface area contributed by atoms with Crippen molar-refractivity contribution >= 4 is 33.4 Å². The lowest BCUT2D eigenvalue weighted by Crippen LogP contribution is -2.30. The van der Waals surface area contributed by atoms with Crippen LogP contribution < -0.4 is 24.8 Å². The average Bonchev–Trinajstić information content (AvgIpc) is 3.62. The van der Waals surface area contributed by atoms with Crippen LogP contribution in [0.3, 0.4) is 0 Å². The Balaban J connectivity index is 1.52. The molecule has 1 aliphatic carbocycles. The average molecular weight is 430 g/mol. The van der Waals surface area contributed by atoms with Gasteiger partial charge >= 0.3 is 6.03 Å². The number of nitrogens with zero attached hydrogens (tertiary/aromatic N) is 2. The molecule has 1 fully saturated rings. The second-order valence-electron chi connectivity index (χ2n) is 7.53. The van der Waals surface area contributed by atoms with Gasteiger partial charge in [0.25, 0.3) is 0 Å². The molecule has 2 N–H and O–H groups in total. The summed E-state index contributed by atoms with van der Waals surface area (Å²) >= 11 is 0. The third-order valence-corrected chi connectivity index (χ3v) is 5.35. The Labute approximate surface area is 184 Å². The fourth-order valence-corrected chi connectivity index (χ4v) is 3.60. The molecule has 0 radical (unpaired) electrons. The van der Waals surface area contributed by atoms with Crippen LogP contribution in [0.4, 0.5) is 10.5 Å². The third kappa shape index (κ3) is 3.82. The molecule has 0 atom stereocenters. The summed E-state index contributed by atoms with van der Waals surface area (Å²) in [5.41, 5.74) is 1.39. The first-order valence-electron chi connectivity index (χ1n) is 10.3. The van der Waals surface area contributed by atoms with E-state index in [1.807, 2.05) is 36.4 Å². The Morgan fingerprint density at radius 1 is 0.906 bits per heavy atom. The zero-order chi connectivity index (χ0) is 22.1. The van der Waals surface area contributed by atoms with Gasteiger partial charge in [-0.2, -0.15) is 0 Å². The number of benzene rings is 3. The second kappa shape index (κ2) is 8.22. The number of fused-ring (bicyclic) bond motifs is 2. The summed E-state index contributed by atoms with van der Waals surface area (Å²) in [5.74, 6) is 2.15. The number of rotatable bonds is 6. The summed E-state index contributed by atoms with van der Waals surface area (Å²) in [6.45, 7) is 0. The SMILES string of the molecule is COc1cc2ncnc(Oc3cccc4c(NC(=O)NC5CC5)cccc34)c2cc1OC. The van der Waals surface area contributed by atoms with Gasteiger partial charge in [-0.3, -0.25) is 0 Å². The number of urea groups is 1. The highest BCUT2D eigenvalue weighted by Crippen LogP contribution is 2.38. The molecule has 162 valence electrons. The molecule has 8 nitrogen and oxygen atoms in total. The van der Waals surface area contributed by atoms with E-state index in [1.54, 1.807) is 26.4 Å². The molecular formula is C24H22N4O4. The van der Waals surface area contributed by atoms with Crippen molar-refractivity contribution in [1.29, 1.82) is 0 Å². The molecule has 1 heterocycles. The van der Waals surface area contributed by atoms with Crippen molar-refractivity contribution in [2.24, 2.45) is 0 Å². The maximum absolute atomic E-state index is 12.2. The normalized spacial score (nSPS) is 13.1.